The van der Waals surface area contributed by atoms with Gasteiger partial charge in [-0.15, -0.1) is 0 Å². The molecular formula is C58H76Si. The first-order valence-electron chi connectivity index (χ1n) is 24.0. The van der Waals surface area contributed by atoms with Crippen LogP contribution in [0, 0.1) is 10.8 Å². The molecule has 1 heteroatoms. The minimum absolute atomic E-state index is 0.145. The van der Waals surface area contributed by atoms with Crippen LogP contribution in [0.2, 0.25) is 13.1 Å². The van der Waals surface area contributed by atoms with Crippen molar-refractivity contribution in [2.24, 2.45) is 10.8 Å². The van der Waals surface area contributed by atoms with Gasteiger partial charge in [0, 0.05) is 11.1 Å². The highest BCUT2D eigenvalue weighted by molar-refractivity contribution is 6.81. The monoisotopic (exact) mass is 801 g/mol. The molecule has 0 spiro atoms. The topological polar surface area (TPSA) is 0 Å². The van der Waals surface area contributed by atoms with Gasteiger partial charge >= 0.3 is 0 Å². The molecule has 4 aromatic rings. The van der Waals surface area contributed by atoms with Crippen molar-refractivity contribution in [1.82, 2.24) is 0 Å². The summed E-state index contributed by atoms with van der Waals surface area (Å²) in [5.74, 6) is 0. The van der Waals surface area contributed by atoms with Crippen molar-refractivity contribution in [3.8, 4) is 22.3 Å². The van der Waals surface area contributed by atoms with Crippen LogP contribution in [-0.4, -0.2) is 8.07 Å². The second-order valence-corrected chi connectivity index (χ2v) is 27.4. The number of hydrogen-bond donors (Lipinski definition) is 0. The van der Waals surface area contributed by atoms with Crippen LogP contribution in [0.1, 0.15) is 190 Å². The van der Waals surface area contributed by atoms with Crippen LogP contribution >= 0.6 is 0 Å². The summed E-state index contributed by atoms with van der Waals surface area (Å²) < 4.78 is 0. The second kappa shape index (κ2) is 16.1. The molecule has 0 bridgehead atoms. The Hall–Kier alpha value is -3.42. The maximum atomic E-state index is 2.82. The van der Waals surface area contributed by atoms with E-state index in [0.717, 1.165) is 0 Å². The molecule has 0 N–H and O–H groups in total. The summed E-state index contributed by atoms with van der Waals surface area (Å²) in [7, 11) is -2.18. The molecule has 2 saturated carbocycles. The van der Waals surface area contributed by atoms with Crippen LogP contribution < -0.4 is 0 Å². The minimum atomic E-state index is -2.18. The summed E-state index contributed by atoms with van der Waals surface area (Å²) in [6.07, 6.45) is 24.6. The van der Waals surface area contributed by atoms with Crippen molar-refractivity contribution in [1.29, 1.82) is 0 Å². The van der Waals surface area contributed by atoms with Crippen LogP contribution in [0.4, 0.5) is 0 Å². The molecule has 0 amide bonds. The zero-order chi connectivity index (χ0) is 41.8. The molecule has 4 aromatic carbocycles. The maximum absolute atomic E-state index is 2.82. The van der Waals surface area contributed by atoms with Gasteiger partial charge in [-0.25, -0.2) is 0 Å². The van der Waals surface area contributed by atoms with E-state index in [1.165, 1.54) is 134 Å². The van der Waals surface area contributed by atoms with Gasteiger partial charge in [-0.2, -0.15) is 0 Å². The molecule has 2 unspecified atom stereocenters. The van der Waals surface area contributed by atoms with Crippen molar-refractivity contribution in [2.75, 3.05) is 0 Å². The third-order valence-corrected chi connectivity index (χ3v) is 20.7. The molecule has 0 saturated heterocycles. The second-order valence-electron chi connectivity index (χ2n) is 22.6. The highest BCUT2D eigenvalue weighted by atomic mass is 28.3. The Bertz CT molecular complexity index is 2020. The van der Waals surface area contributed by atoms with E-state index in [1.807, 2.05) is 0 Å². The lowest BCUT2D eigenvalue weighted by Crippen LogP contribution is -2.44. The lowest BCUT2D eigenvalue weighted by molar-refractivity contribution is 0.178. The summed E-state index contributed by atoms with van der Waals surface area (Å²) in [6, 6.07) is 34.0. The third-order valence-electron chi connectivity index (χ3n) is 16.4. The van der Waals surface area contributed by atoms with Crippen molar-refractivity contribution in [2.45, 2.75) is 180 Å². The highest BCUT2D eigenvalue weighted by Gasteiger charge is 2.51. The maximum Gasteiger partial charge on any atom is 0.0722 e. The molecule has 0 heterocycles. The molecule has 2 fully saturated rings. The van der Waals surface area contributed by atoms with E-state index in [1.54, 1.807) is 22.3 Å². The van der Waals surface area contributed by atoms with Crippen LogP contribution in [0.5, 0.6) is 0 Å². The van der Waals surface area contributed by atoms with E-state index in [9.17, 15) is 0 Å². The first-order chi connectivity index (χ1) is 28.1. The zero-order valence-corrected chi connectivity index (χ0v) is 39.8. The summed E-state index contributed by atoms with van der Waals surface area (Å²) >= 11 is 0. The van der Waals surface area contributed by atoms with Crippen LogP contribution in [0.15, 0.2) is 96.1 Å². The van der Waals surface area contributed by atoms with Crippen molar-refractivity contribution in [3.05, 3.63) is 129 Å². The Balaban J connectivity index is 1.28. The average Bonchev–Trinajstić information content (AvgIpc) is 3.79. The number of hydrogen-bond acceptors (Lipinski definition) is 0. The van der Waals surface area contributed by atoms with E-state index in [0.29, 0.717) is 21.9 Å². The van der Waals surface area contributed by atoms with E-state index in [2.05, 4.69) is 166 Å². The molecule has 4 aliphatic carbocycles. The van der Waals surface area contributed by atoms with Crippen LogP contribution in [0.25, 0.3) is 34.4 Å². The normalized spacial score (nSPS) is 21.5. The summed E-state index contributed by atoms with van der Waals surface area (Å²) in [4.78, 5) is 0. The predicted octanol–water partition coefficient (Wildman–Crippen LogP) is 17.6. The fourth-order valence-electron chi connectivity index (χ4n) is 12.7. The first kappa shape index (κ1) is 42.3. The van der Waals surface area contributed by atoms with Crippen molar-refractivity contribution >= 4 is 20.2 Å². The summed E-state index contributed by atoms with van der Waals surface area (Å²) in [5, 5.41) is 0. The quantitative estimate of drug-likeness (QED) is 0.140. The smallest absolute Gasteiger partial charge is 0.0679 e. The van der Waals surface area contributed by atoms with Crippen molar-refractivity contribution in [3.63, 3.8) is 0 Å². The lowest BCUT2D eigenvalue weighted by atomic mass is 9.68. The van der Waals surface area contributed by atoms with Gasteiger partial charge in [-0.1, -0.05) is 228 Å². The van der Waals surface area contributed by atoms with Crippen LogP contribution in [-0.2, 0) is 10.8 Å². The number of fused-ring (bicyclic) bond motifs is 2. The largest absolute Gasteiger partial charge is 0.0722 e. The fourth-order valence-corrected chi connectivity index (χ4v) is 17.5. The van der Waals surface area contributed by atoms with E-state index in [-0.39, 0.29) is 10.8 Å². The highest BCUT2D eigenvalue weighted by Crippen LogP contribution is 2.60. The lowest BCUT2D eigenvalue weighted by Gasteiger charge is -2.45. The molecule has 59 heavy (non-hydrogen) atoms. The molecular weight excluding hydrogens is 725 g/mol. The Morgan fingerprint density at radius 1 is 0.492 bits per heavy atom. The molecule has 2 atom stereocenters. The van der Waals surface area contributed by atoms with Crippen molar-refractivity contribution < 1.29 is 0 Å². The zero-order valence-electron chi connectivity index (χ0n) is 38.8. The molecule has 0 radical (unpaired) electrons. The van der Waals surface area contributed by atoms with Gasteiger partial charge in [-0.3, -0.25) is 0 Å². The van der Waals surface area contributed by atoms with Gasteiger partial charge < -0.3 is 0 Å². The molecule has 8 rings (SSSR count). The van der Waals surface area contributed by atoms with Crippen LogP contribution in [0.3, 0.4) is 0 Å². The molecule has 312 valence electrons. The Morgan fingerprint density at radius 3 is 1.17 bits per heavy atom. The third kappa shape index (κ3) is 8.09. The van der Waals surface area contributed by atoms with Gasteiger partial charge in [0.15, 0.2) is 0 Å². The molecule has 0 aromatic heterocycles. The molecule has 0 aliphatic heterocycles. The Labute approximate surface area is 361 Å². The number of allylic oxidation sites excluding steroid dienone is 2. The first-order valence-corrected chi connectivity index (χ1v) is 27.1. The predicted molar refractivity (Wildman–Crippen MR) is 261 cm³/mol. The summed E-state index contributed by atoms with van der Waals surface area (Å²) in [5.41, 5.74) is 20.4. The minimum Gasteiger partial charge on any atom is -0.0679 e. The van der Waals surface area contributed by atoms with Gasteiger partial charge in [-0.05, 0) is 116 Å². The Kier molecular flexibility index (Phi) is 11.6. The SMILES string of the molecule is CCC1(CC2=Cc3c(-c4ccc(C(C)(C)C)cc4)cccc3C2[Si](C)(C)C2C(CC3(CC)CCCCC3)=Cc3c(-c4ccc(C(C)(C)C)cc4)cccc32)CCCCC1. The molecule has 4 aliphatic rings. The standard InChI is InChI=1S/C58H76Si/c1-11-57(33-15-13-16-34-57)39-43-37-51-47(41-25-29-45(30-26-41)55(3,4)5)21-19-23-49(51)53(43)59(9,10)54-44(40-58(12-2)35-17-14-18-36-58)38-52-48(22-20-24-50(52)54)42-27-31-46(32-28-42)56(6,7)8/h19-32,37-38,53-54H,11-18,33-36,39-40H2,1-10H3. The van der Waals surface area contributed by atoms with Gasteiger partial charge in [0.2, 0.25) is 0 Å². The number of benzene rings is 4. The average molecular weight is 801 g/mol. The van der Waals surface area contributed by atoms with Gasteiger partial charge in [0.1, 0.15) is 0 Å². The molecule has 0 nitrogen and oxygen atoms in total. The van der Waals surface area contributed by atoms with E-state index in [4.69, 9.17) is 0 Å². The van der Waals surface area contributed by atoms with Gasteiger partial charge in [0.05, 0.1) is 8.07 Å². The van der Waals surface area contributed by atoms with E-state index >= 15 is 0 Å². The number of rotatable bonds is 10. The fraction of sp³-hybridized carbons (Fsp3) is 0.517. The van der Waals surface area contributed by atoms with Gasteiger partial charge in [0.25, 0.3) is 0 Å². The van der Waals surface area contributed by atoms with E-state index < -0.39 is 8.07 Å². The Morgan fingerprint density at radius 2 is 0.847 bits per heavy atom. The summed E-state index contributed by atoms with van der Waals surface area (Å²) in [6.45, 7) is 24.6.